The van der Waals surface area contributed by atoms with Crippen molar-refractivity contribution in [2.24, 2.45) is 0 Å². The first-order valence-electron chi connectivity index (χ1n) is 8.80. The quantitative estimate of drug-likeness (QED) is 0.334. The number of halogens is 5. The van der Waals surface area contributed by atoms with E-state index in [1.54, 1.807) is 24.3 Å². The fourth-order valence-corrected chi connectivity index (χ4v) is 2.94. The number of anilines is 3. The Labute approximate surface area is 185 Å². The average Bonchev–Trinajstić information content (AvgIpc) is 2.70. The lowest BCUT2D eigenvalue weighted by molar-refractivity contribution is -0.274. The predicted molar refractivity (Wildman–Crippen MR) is 113 cm³/mol. The molecule has 0 aliphatic heterocycles. The molecular formula is C19H16Cl2F3N5O2. The maximum absolute atomic E-state index is 12.5. The maximum Gasteiger partial charge on any atom is 0.573 e. The zero-order valence-corrected chi connectivity index (χ0v) is 17.2. The highest BCUT2D eigenvalue weighted by atomic mass is 35.5. The van der Waals surface area contributed by atoms with Gasteiger partial charge >= 0.3 is 6.36 Å². The number of alkyl halides is 3. The van der Waals surface area contributed by atoms with Gasteiger partial charge in [-0.3, -0.25) is 10.9 Å². The number of hydrazine groups is 1. The van der Waals surface area contributed by atoms with Crippen LogP contribution in [-0.4, -0.2) is 34.6 Å². The highest BCUT2D eigenvalue weighted by molar-refractivity contribution is 6.36. The Morgan fingerprint density at radius 1 is 1.00 bits per heavy atom. The summed E-state index contributed by atoms with van der Waals surface area (Å²) < 4.78 is 41.6. The Balaban J connectivity index is 1.89. The van der Waals surface area contributed by atoms with Gasteiger partial charge in [0.2, 0.25) is 5.95 Å². The molecule has 0 spiro atoms. The molecule has 0 bridgehead atoms. The van der Waals surface area contributed by atoms with E-state index in [-0.39, 0.29) is 24.8 Å². The first kappa shape index (κ1) is 22.7. The average molecular weight is 474 g/mol. The second-order valence-electron chi connectivity index (χ2n) is 6.06. The second kappa shape index (κ2) is 9.90. The smallest absolute Gasteiger partial charge is 0.406 e. The van der Waals surface area contributed by atoms with Crippen LogP contribution in [0.5, 0.6) is 5.75 Å². The number of aliphatic hydroxyl groups excluding tert-OH is 1. The van der Waals surface area contributed by atoms with Gasteiger partial charge in [-0.2, -0.15) is 4.98 Å². The molecule has 1 aromatic heterocycles. The van der Waals surface area contributed by atoms with Gasteiger partial charge in [0.1, 0.15) is 5.75 Å². The third-order valence-electron chi connectivity index (χ3n) is 3.74. The number of nitrogens with zero attached hydrogens (tertiary/aromatic N) is 2. The molecule has 0 saturated heterocycles. The molecule has 0 aliphatic carbocycles. The van der Waals surface area contributed by atoms with E-state index < -0.39 is 6.36 Å². The lowest BCUT2D eigenvalue weighted by Crippen LogP contribution is -2.17. The number of aromatic nitrogens is 2. The van der Waals surface area contributed by atoms with Crippen molar-refractivity contribution in [1.82, 2.24) is 9.97 Å². The van der Waals surface area contributed by atoms with Crippen LogP contribution in [0.25, 0.3) is 11.3 Å². The summed E-state index contributed by atoms with van der Waals surface area (Å²) in [6.45, 7) is 0.0143. The Morgan fingerprint density at radius 3 is 2.52 bits per heavy atom. The molecule has 7 nitrogen and oxygen atoms in total. The molecule has 12 heteroatoms. The van der Waals surface area contributed by atoms with Crippen molar-refractivity contribution < 1.29 is 23.0 Å². The predicted octanol–water partition coefficient (Wildman–Crippen LogP) is 5.19. The van der Waals surface area contributed by atoms with Crippen LogP contribution in [0, 0.1) is 0 Å². The fraction of sp³-hybridized carbons (Fsp3) is 0.158. The normalized spacial score (nSPS) is 11.2. The van der Waals surface area contributed by atoms with Gasteiger partial charge in [-0.05, 0) is 30.3 Å². The summed E-state index contributed by atoms with van der Waals surface area (Å²) in [5.41, 5.74) is 6.94. The van der Waals surface area contributed by atoms with Gasteiger partial charge in [0.15, 0.2) is 5.82 Å². The van der Waals surface area contributed by atoms with Gasteiger partial charge in [0.25, 0.3) is 0 Å². The molecule has 164 valence electrons. The van der Waals surface area contributed by atoms with Gasteiger partial charge < -0.3 is 15.2 Å². The van der Waals surface area contributed by atoms with Gasteiger partial charge in [0.05, 0.1) is 23.0 Å². The molecule has 0 amide bonds. The highest BCUT2D eigenvalue weighted by Gasteiger charge is 2.31. The van der Waals surface area contributed by atoms with Crippen LogP contribution in [0.15, 0.2) is 48.5 Å². The van der Waals surface area contributed by atoms with E-state index in [0.717, 1.165) is 0 Å². The minimum atomic E-state index is -4.81. The number of hydrogen-bond donors (Lipinski definition) is 4. The number of rotatable bonds is 8. The summed E-state index contributed by atoms with van der Waals surface area (Å²) in [5.74, 6) is 0.0628. The van der Waals surface area contributed by atoms with Crippen LogP contribution in [0.1, 0.15) is 0 Å². The van der Waals surface area contributed by atoms with E-state index in [1.807, 2.05) is 0 Å². The molecule has 0 aliphatic rings. The van der Waals surface area contributed by atoms with Crippen LogP contribution in [0.3, 0.4) is 0 Å². The molecule has 31 heavy (non-hydrogen) atoms. The molecule has 3 rings (SSSR count). The van der Waals surface area contributed by atoms with E-state index in [0.29, 0.717) is 32.8 Å². The number of hydrogen-bond acceptors (Lipinski definition) is 7. The zero-order chi connectivity index (χ0) is 22.4. The van der Waals surface area contributed by atoms with Crippen molar-refractivity contribution in [3.63, 3.8) is 0 Å². The first-order chi connectivity index (χ1) is 14.7. The molecule has 0 atom stereocenters. The molecule has 0 radical (unpaired) electrons. The molecule has 1 heterocycles. The van der Waals surface area contributed by atoms with E-state index in [1.165, 1.54) is 24.3 Å². The summed E-state index contributed by atoms with van der Waals surface area (Å²) in [7, 11) is 0. The SMILES string of the molecule is OCCNc1nc(NNc2ccc(Cl)cc2Cl)cc(-c2cccc(OC(F)(F)F)c2)n1. The maximum atomic E-state index is 12.5. The lowest BCUT2D eigenvalue weighted by Gasteiger charge is -2.14. The number of ether oxygens (including phenoxy) is 1. The number of benzene rings is 2. The van der Waals surface area contributed by atoms with Crippen LogP contribution >= 0.6 is 23.2 Å². The Morgan fingerprint density at radius 2 is 1.81 bits per heavy atom. The third kappa shape index (κ3) is 6.78. The Bertz CT molecular complexity index is 1050. The van der Waals surface area contributed by atoms with Crippen LogP contribution in [0.4, 0.5) is 30.6 Å². The highest BCUT2D eigenvalue weighted by Crippen LogP contribution is 2.29. The summed E-state index contributed by atoms with van der Waals surface area (Å²) in [4.78, 5) is 8.53. The summed E-state index contributed by atoms with van der Waals surface area (Å²) >= 11 is 12.0. The second-order valence-corrected chi connectivity index (χ2v) is 6.91. The standard InChI is InChI=1S/C19H16Cl2F3N5O2/c20-12-4-5-15(14(21)9-12)28-29-17-10-16(26-18(27-17)25-6-7-30)11-2-1-3-13(8-11)31-19(22,23)24/h1-5,8-10,28,30H,6-7H2,(H2,25,26,27,29). The van der Waals surface area contributed by atoms with Gasteiger partial charge in [-0.15, -0.1) is 13.2 Å². The molecule has 3 aromatic rings. The van der Waals surface area contributed by atoms with E-state index in [2.05, 4.69) is 30.9 Å². The minimum Gasteiger partial charge on any atom is -0.406 e. The van der Waals surface area contributed by atoms with Gasteiger partial charge in [-0.1, -0.05) is 35.3 Å². The first-order valence-corrected chi connectivity index (χ1v) is 9.56. The van der Waals surface area contributed by atoms with Crippen molar-refractivity contribution in [1.29, 1.82) is 0 Å². The number of nitrogens with one attached hydrogen (secondary N) is 3. The number of aliphatic hydroxyl groups is 1. The van der Waals surface area contributed by atoms with E-state index >= 15 is 0 Å². The molecule has 4 N–H and O–H groups in total. The Kier molecular flexibility index (Phi) is 7.26. The van der Waals surface area contributed by atoms with Crippen LogP contribution < -0.4 is 20.9 Å². The molecule has 0 saturated carbocycles. The topological polar surface area (TPSA) is 91.3 Å². The third-order valence-corrected chi connectivity index (χ3v) is 4.29. The van der Waals surface area contributed by atoms with Gasteiger partial charge in [0, 0.05) is 23.2 Å². The van der Waals surface area contributed by atoms with Crippen LogP contribution in [-0.2, 0) is 0 Å². The zero-order valence-electron chi connectivity index (χ0n) is 15.7. The van der Waals surface area contributed by atoms with Crippen molar-refractivity contribution in [3.05, 3.63) is 58.6 Å². The fourth-order valence-electron chi connectivity index (χ4n) is 2.48. The summed E-state index contributed by atoms with van der Waals surface area (Å²) in [6, 6.07) is 11.8. The van der Waals surface area contributed by atoms with Crippen molar-refractivity contribution in [2.75, 3.05) is 29.3 Å². The molecule has 0 unspecified atom stereocenters. The molecular weight excluding hydrogens is 458 g/mol. The molecule has 0 fully saturated rings. The monoisotopic (exact) mass is 473 g/mol. The van der Waals surface area contributed by atoms with Crippen molar-refractivity contribution in [2.45, 2.75) is 6.36 Å². The lowest BCUT2D eigenvalue weighted by atomic mass is 10.1. The van der Waals surface area contributed by atoms with Crippen LogP contribution in [0.2, 0.25) is 10.0 Å². The Hall–Kier alpha value is -2.95. The van der Waals surface area contributed by atoms with Gasteiger partial charge in [-0.25, -0.2) is 4.98 Å². The van der Waals surface area contributed by atoms with Crippen molar-refractivity contribution >= 4 is 40.7 Å². The summed E-state index contributed by atoms with van der Waals surface area (Å²) in [6.07, 6.45) is -4.81. The molecule has 2 aromatic carbocycles. The summed E-state index contributed by atoms with van der Waals surface area (Å²) in [5, 5.41) is 12.7. The largest absolute Gasteiger partial charge is 0.573 e. The van der Waals surface area contributed by atoms with E-state index in [4.69, 9.17) is 28.3 Å². The van der Waals surface area contributed by atoms with E-state index in [9.17, 15) is 13.2 Å². The minimum absolute atomic E-state index is 0.153. The van der Waals surface area contributed by atoms with Crippen molar-refractivity contribution in [3.8, 4) is 17.0 Å².